The second-order valence-corrected chi connectivity index (χ2v) is 8.05. The van der Waals surface area contributed by atoms with Gasteiger partial charge >= 0.3 is 18.4 Å². The second kappa shape index (κ2) is 8.62. The zero-order valence-corrected chi connectivity index (χ0v) is 16.6. The van der Waals surface area contributed by atoms with Crippen LogP contribution in [0.5, 0.6) is 0 Å². The van der Waals surface area contributed by atoms with Crippen LogP contribution in [0.25, 0.3) is 0 Å². The smallest absolute Gasteiger partial charge is 0.416 e. The Bertz CT molecular complexity index is 725. The van der Waals surface area contributed by atoms with Gasteiger partial charge < -0.3 is 19.5 Å². The molecular formula is C19H23F6NO4. The lowest BCUT2D eigenvalue weighted by molar-refractivity contribution is -0.143. The summed E-state index contributed by atoms with van der Waals surface area (Å²) in [6, 6.07) is 0.612. The van der Waals surface area contributed by atoms with Crippen molar-refractivity contribution in [2.75, 3.05) is 13.2 Å². The highest BCUT2D eigenvalue weighted by Crippen LogP contribution is 2.36. The molecule has 5 nitrogen and oxygen atoms in total. The van der Waals surface area contributed by atoms with Crippen molar-refractivity contribution in [2.45, 2.75) is 63.9 Å². The van der Waals surface area contributed by atoms with E-state index in [1.165, 1.54) is 4.90 Å². The molecule has 1 fully saturated rings. The fraction of sp³-hybridized carbons (Fsp3) is 0.632. The molecule has 1 aliphatic heterocycles. The number of hydrogen-bond donors (Lipinski definition) is 1. The number of ether oxygens (including phenoxy) is 2. The van der Waals surface area contributed by atoms with E-state index in [1.54, 1.807) is 20.8 Å². The Balaban J connectivity index is 2.12. The molecule has 1 aromatic carbocycles. The molecule has 2 unspecified atom stereocenters. The van der Waals surface area contributed by atoms with Gasteiger partial charge in [-0.15, -0.1) is 0 Å². The lowest BCUT2D eigenvalue weighted by atomic mass is 10.1. The number of likely N-dealkylation sites (tertiary alicyclic amines) is 1. The molecule has 11 heteroatoms. The second-order valence-electron chi connectivity index (χ2n) is 8.05. The number of halogens is 6. The van der Waals surface area contributed by atoms with Crippen molar-refractivity contribution in [1.82, 2.24) is 4.90 Å². The van der Waals surface area contributed by atoms with Gasteiger partial charge in [0, 0.05) is 0 Å². The summed E-state index contributed by atoms with van der Waals surface area (Å²) >= 11 is 0. The van der Waals surface area contributed by atoms with E-state index in [0.29, 0.717) is 12.1 Å². The van der Waals surface area contributed by atoms with Crippen molar-refractivity contribution in [3.63, 3.8) is 0 Å². The largest absolute Gasteiger partial charge is 0.444 e. The minimum absolute atomic E-state index is 0.00870. The highest BCUT2D eigenvalue weighted by atomic mass is 19.4. The number of benzene rings is 1. The lowest BCUT2D eigenvalue weighted by Gasteiger charge is -2.27. The van der Waals surface area contributed by atoms with Crippen molar-refractivity contribution >= 4 is 6.09 Å². The Hall–Kier alpha value is -2.01. The molecule has 0 aromatic heterocycles. The molecule has 2 atom stereocenters. The molecule has 0 aliphatic carbocycles. The third-order valence-corrected chi connectivity index (χ3v) is 4.35. The van der Waals surface area contributed by atoms with E-state index in [0.717, 1.165) is 0 Å². The van der Waals surface area contributed by atoms with E-state index in [9.17, 15) is 36.2 Å². The van der Waals surface area contributed by atoms with Crippen molar-refractivity contribution in [3.8, 4) is 0 Å². The fourth-order valence-electron chi connectivity index (χ4n) is 3.03. The van der Waals surface area contributed by atoms with Gasteiger partial charge in [0.1, 0.15) is 5.60 Å². The number of carbonyl (C=O) groups is 1. The van der Waals surface area contributed by atoms with Gasteiger partial charge in [-0.3, -0.25) is 0 Å². The monoisotopic (exact) mass is 443 g/mol. The molecule has 0 saturated carbocycles. The Kier molecular flexibility index (Phi) is 6.97. The molecule has 1 saturated heterocycles. The van der Waals surface area contributed by atoms with Crippen LogP contribution in [0.4, 0.5) is 31.1 Å². The zero-order chi connectivity index (χ0) is 22.9. The van der Waals surface area contributed by atoms with Gasteiger partial charge in [-0.1, -0.05) is 0 Å². The quantitative estimate of drug-likeness (QED) is 0.691. The van der Waals surface area contributed by atoms with E-state index in [-0.39, 0.29) is 31.2 Å². The zero-order valence-electron chi connectivity index (χ0n) is 16.6. The first-order valence-electron chi connectivity index (χ1n) is 9.10. The summed E-state index contributed by atoms with van der Waals surface area (Å²) in [6.07, 6.45) is -11.1. The highest BCUT2D eigenvalue weighted by molar-refractivity contribution is 5.69. The highest BCUT2D eigenvalue weighted by Gasteiger charge is 2.39. The van der Waals surface area contributed by atoms with Crippen LogP contribution in [-0.2, 0) is 28.4 Å². The number of aliphatic hydroxyl groups is 1. The van der Waals surface area contributed by atoms with Crippen LogP contribution >= 0.6 is 0 Å². The molecule has 1 heterocycles. The fourth-order valence-corrected chi connectivity index (χ4v) is 3.03. The van der Waals surface area contributed by atoms with Gasteiger partial charge in [-0.25, -0.2) is 4.79 Å². The number of alkyl halides is 6. The molecular weight excluding hydrogens is 420 g/mol. The number of rotatable bonds is 4. The summed E-state index contributed by atoms with van der Waals surface area (Å²) in [4.78, 5) is 13.5. The van der Waals surface area contributed by atoms with Gasteiger partial charge in [-0.2, -0.15) is 26.3 Å². The van der Waals surface area contributed by atoms with Crippen LogP contribution in [0.2, 0.25) is 0 Å². The van der Waals surface area contributed by atoms with Crippen LogP contribution in [0.1, 0.15) is 43.9 Å². The molecule has 1 aromatic rings. The molecule has 0 spiro atoms. The van der Waals surface area contributed by atoms with Gasteiger partial charge in [0.25, 0.3) is 0 Å². The first-order chi connectivity index (χ1) is 13.6. The molecule has 1 amide bonds. The average molecular weight is 443 g/mol. The SMILES string of the molecule is CC(C)(C)OC(=O)N1CC(OCc2cc(C(F)(F)F)cc(C(F)(F)F)c2)CC1CO. The molecule has 170 valence electrons. The summed E-state index contributed by atoms with van der Waals surface area (Å²) in [6.45, 7) is 4.07. The van der Waals surface area contributed by atoms with Gasteiger partial charge in [-0.05, 0) is 51.0 Å². The van der Waals surface area contributed by atoms with Crippen LogP contribution in [0, 0.1) is 0 Å². The Labute approximate surface area is 169 Å². The Morgan fingerprint density at radius 1 is 1.07 bits per heavy atom. The van der Waals surface area contributed by atoms with Gasteiger partial charge in [0.15, 0.2) is 0 Å². The van der Waals surface area contributed by atoms with Gasteiger partial charge in [0.05, 0.1) is 43.0 Å². The predicted octanol–water partition coefficient (Wildman–Crippen LogP) is 4.61. The van der Waals surface area contributed by atoms with Crippen LogP contribution < -0.4 is 0 Å². The Morgan fingerprint density at radius 2 is 1.60 bits per heavy atom. The summed E-state index contributed by atoms with van der Waals surface area (Å²) in [5.41, 5.74) is -3.92. The van der Waals surface area contributed by atoms with E-state index in [1.807, 2.05) is 0 Å². The summed E-state index contributed by atoms with van der Waals surface area (Å²) in [7, 11) is 0. The van der Waals surface area contributed by atoms with E-state index in [4.69, 9.17) is 9.47 Å². The third kappa shape index (κ3) is 6.49. The summed E-state index contributed by atoms with van der Waals surface area (Å²) in [5, 5.41) is 9.48. The number of nitrogens with zero attached hydrogens (tertiary/aromatic N) is 1. The number of hydrogen-bond acceptors (Lipinski definition) is 4. The van der Waals surface area contributed by atoms with E-state index < -0.39 is 53.9 Å². The van der Waals surface area contributed by atoms with Gasteiger partial charge in [0.2, 0.25) is 0 Å². The van der Waals surface area contributed by atoms with Crippen LogP contribution in [-0.4, -0.2) is 47.0 Å². The maximum absolute atomic E-state index is 13.0. The minimum atomic E-state index is -4.95. The average Bonchev–Trinajstić information content (AvgIpc) is 3.00. The maximum Gasteiger partial charge on any atom is 0.416 e. The molecule has 1 N–H and O–H groups in total. The summed E-state index contributed by atoms with van der Waals surface area (Å²) < 4.78 is 88.4. The molecule has 0 radical (unpaired) electrons. The van der Waals surface area contributed by atoms with Crippen molar-refractivity contribution < 1.29 is 45.7 Å². The topological polar surface area (TPSA) is 59.0 Å². The lowest BCUT2D eigenvalue weighted by Crippen LogP contribution is -2.41. The predicted molar refractivity (Wildman–Crippen MR) is 93.5 cm³/mol. The normalized spacial score (nSPS) is 20.5. The summed E-state index contributed by atoms with van der Waals surface area (Å²) in [5.74, 6) is 0. The standard InChI is InChI=1S/C19H23F6NO4/c1-17(2,3)30-16(28)26-8-15(7-14(26)9-27)29-10-11-4-12(18(20,21)22)6-13(5-11)19(23,24)25/h4-6,14-15,27H,7-10H2,1-3H3. The minimum Gasteiger partial charge on any atom is -0.444 e. The Morgan fingerprint density at radius 3 is 2.03 bits per heavy atom. The molecule has 1 aliphatic rings. The van der Waals surface area contributed by atoms with E-state index in [2.05, 4.69) is 0 Å². The molecule has 30 heavy (non-hydrogen) atoms. The van der Waals surface area contributed by atoms with Crippen molar-refractivity contribution in [2.24, 2.45) is 0 Å². The van der Waals surface area contributed by atoms with E-state index >= 15 is 0 Å². The number of amides is 1. The van der Waals surface area contributed by atoms with Crippen LogP contribution in [0.3, 0.4) is 0 Å². The number of carbonyl (C=O) groups excluding carboxylic acids is 1. The van der Waals surface area contributed by atoms with Crippen molar-refractivity contribution in [3.05, 3.63) is 34.9 Å². The molecule has 2 rings (SSSR count). The molecule has 0 bridgehead atoms. The first kappa shape index (κ1) is 24.3. The van der Waals surface area contributed by atoms with Crippen molar-refractivity contribution in [1.29, 1.82) is 0 Å². The van der Waals surface area contributed by atoms with Crippen LogP contribution in [0.15, 0.2) is 18.2 Å². The maximum atomic E-state index is 13.0. The third-order valence-electron chi connectivity index (χ3n) is 4.35. The number of aliphatic hydroxyl groups excluding tert-OH is 1. The first-order valence-corrected chi connectivity index (χ1v) is 9.10.